The Kier molecular flexibility index (Phi) is 10.2. The molecule has 2 heterocycles. The molecule has 9 nitrogen and oxygen atoms in total. The van der Waals surface area contributed by atoms with Crippen LogP contribution in [-0.4, -0.2) is 79.7 Å². The van der Waals surface area contributed by atoms with Gasteiger partial charge in [0.1, 0.15) is 6.10 Å². The number of carbonyl (C=O) groups is 1. The van der Waals surface area contributed by atoms with E-state index in [9.17, 15) is 30.3 Å². The minimum Gasteiger partial charge on any atom is -0.390 e. The summed E-state index contributed by atoms with van der Waals surface area (Å²) in [4.78, 5) is 14.1. The van der Waals surface area contributed by atoms with E-state index in [1.807, 2.05) is 25.3 Å². The molecule has 6 rings (SSSR count). The third kappa shape index (κ3) is 5.87. The molecule has 4 aliphatic carbocycles. The maximum absolute atomic E-state index is 14.1. The molecule has 3 saturated carbocycles. The van der Waals surface area contributed by atoms with Gasteiger partial charge in [0.2, 0.25) is 0 Å². The lowest BCUT2D eigenvalue weighted by Gasteiger charge is -2.62. The molecule has 2 aliphatic heterocycles. The Hall–Kier alpha value is -1.59. The zero-order chi connectivity index (χ0) is 34.6. The van der Waals surface area contributed by atoms with Crippen molar-refractivity contribution < 1.29 is 35.1 Å². The van der Waals surface area contributed by atoms with Gasteiger partial charge in [-0.3, -0.25) is 4.79 Å². The molecular formula is C39H62N2O7. The van der Waals surface area contributed by atoms with E-state index in [0.29, 0.717) is 57.5 Å². The normalized spacial score (nSPS) is 45.7. The number of nitrogens with one attached hydrogen (secondary N) is 1. The number of fused-ring (bicyclic) bond motifs is 5. The molecular weight excluding hydrogens is 608 g/mol. The zero-order valence-electron chi connectivity index (χ0n) is 29.6. The van der Waals surface area contributed by atoms with Gasteiger partial charge in [0, 0.05) is 17.5 Å². The molecule has 0 aromatic carbocycles. The van der Waals surface area contributed by atoms with Gasteiger partial charge < -0.3 is 41.3 Å². The van der Waals surface area contributed by atoms with Crippen LogP contribution in [0.1, 0.15) is 111 Å². The van der Waals surface area contributed by atoms with Crippen LogP contribution in [0.15, 0.2) is 35.6 Å². The monoisotopic (exact) mass is 670 g/mol. The molecule has 0 bridgehead atoms. The number of aliphatic hydroxyl groups excluding tert-OH is 3. The van der Waals surface area contributed by atoms with Crippen LogP contribution in [0, 0.1) is 40.4 Å². The van der Waals surface area contributed by atoms with Crippen LogP contribution in [0.4, 0.5) is 0 Å². The van der Waals surface area contributed by atoms with Gasteiger partial charge in [0.05, 0.1) is 42.3 Å². The first-order valence-electron chi connectivity index (χ1n) is 18.9. The molecule has 0 radical (unpaired) electrons. The van der Waals surface area contributed by atoms with Crippen molar-refractivity contribution in [2.45, 2.75) is 153 Å². The fourth-order valence-electron chi connectivity index (χ4n) is 11.5. The summed E-state index contributed by atoms with van der Waals surface area (Å²) in [7, 11) is 0. The van der Waals surface area contributed by atoms with Crippen molar-refractivity contribution >= 4 is 5.78 Å². The summed E-state index contributed by atoms with van der Waals surface area (Å²) < 4.78 is 6.22. The predicted octanol–water partition coefficient (Wildman–Crippen LogP) is 4.01. The summed E-state index contributed by atoms with van der Waals surface area (Å²) in [6, 6.07) is 0. The topological polar surface area (TPSA) is 166 Å². The molecule has 4 fully saturated rings. The third-order valence-electron chi connectivity index (χ3n) is 14.5. The predicted molar refractivity (Wildman–Crippen MR) is 184 cm³/mol. The molecule has 0 aromatic heterocycles. The number of dihydropyridines is 1. The molecule has 0 spiro atoms. The Labute approximate surface area is 287 Å². The second-order valence-electron chi connectivity index (χ2n) is 17.0. The fourth-order valence-corrected chi connectivity index (χ4v) is 11.5. The van der Waals surface area contributed by atoms with Gasteiger partial charge in [-0.25, -0.2) is 0 Å². The van der Waals surface area contributed by atoms with Crippen LogP contribution < -0.4 is 11.1 Å². The molecule has 6 aliphatic rings. The molecule has 9 heteroatoms. The number of carbonyl (C=O) groups excluding carboxylic acids is 1. The highest BCUT2D eigenvalue weighted by atomic mass is 16.5. The number of allylic oxidation sites excluding steroid dienone is 3. The van der Waals surface area contributed by atoms with Gasteiger partial charge in [-0.15, -0.1) is 0 Å². The van der Waals surface area contributed by atoms with Crippen LogP contribution in [0.3, 0.4) is 0 Å². The van der Waals surface area contributed by atoms with Crippen LogP contribution in [0.2, 0.25) is 0 Å². The standard InChI is InChI=1S/C39H62N2O7/c1-5-6-7-8-9-25-22-48-34(23(25)2)35(45)37(4,46)32-14-17-39(47)27-18-29(42)28-19-30(43)31(44)20-38(28,26(27)13-15-36(32,39)3)16-12-24-10-11-33(40)41-21-24/h10-11,18,21,23,25-26,28,30-35,41,43-47H,5-9,12-17,19-20,22,40H2,1-4H3. The van der Waals surface area contributed by atoms with E-state index in [-0.39, 0.29) is 30.2 Å². The zero-order valence-corrected chi connectivity index (χ0v) is 29.6. The first kappa shape index (κ1) is 36.2. The van der Waals surface area contributed by atoms with Gasteiger partial charge >= 0.3 is 0 Å². The van der Waals surface area contributed by atoms with Gasteiger partial charge in [0.15, 0.2) is 5.78 Å². The van der Waals surface area contributed by atoms with Crippen molar-refractivity contribution in [3.63, 3.8) is 0 Å². The number of hydrogen-bond acceptors (Lipinski definition) is 9. The average Bonchev–Trinajstić information content (AvgIpc) is 3.56. The number of hydrogen-bond donors (Lipinski definition) is 7. The van der Waals surface area contributed by atoms with Gasteiger partial charge in [-0.2, -0.15) is 0 Å². The summed E-state index contributed by atoms with van der Waals surface area (Å²) in [5, 5.41) is 62.0. The number of nitrogens with two attached hydrogens (primary N) is 1. The van der Waals surface area contributed by atoms with Crippen LogP contribution in [-0.2, 0) is 9.53 Å². The van der Waals surface area contributed by atoms with Crippen molar-refractivity contribution in [3.8, 4) is 0 Å². The van der Waals surface area contributed by atoms with Crippen molar-refractivity contribution in [1.82, 2.24) is 5.32 Å². The van der Waals surface area contributed by atoms with E-state index in [1.54, 1.807) is 13.0 Å². The summed E-state index contributed by atoms with van der Waals surface area (Å²) >= 11 is 0. The van der Waals surface area contributed by atoms with E-state index in [0.717, 1.165) is 24.0 Å². The van der Waals surface area contributed by atoms with Crippen LogP contribution >= 0.6 is 0 Å². The first-order chi connectivity index (χ1) is 22.7. The molecule has 48 heavy (non-hydrogen) atoms. The molecule has 0 aromatic rings. The van der Waals surface area contributed by atoms with Crippen LogP contribution in [0.25, 0.3) is 0 Å². The number of unbranched alkanes of at least 4 members (excludes halogenated alkanes) is 3. The Balaban J connectivity index is 1.26. The van der Waals surface area contributed by atoms with E-state index in [2.05, 4.69) is 19.2 Å². The second kappa shape index (κ2) is 13.5. The lowest BCUT2D eigenvalue weighted by Crippen LogP contribution is -2.64. The summed E-state index contributed by atoms with van der Waals surface area (Å²) in [6.45, 7) is 8.68. The van der Waals surface area contributed by atoms with E-state index in [4.69, 9.17) is 10.5 Å². The lowest BCUT2D eigenvalue weighted by atomic mass is 9.44. The summed E-state index contributed by atoms with van der Waals surface area (Å²) in [5.41, 5.74) is 3.49. The number of ether oxygens (including phenoxy) is 1. The molecule has 270 valence electrons. The molecule has 0 amide bonds. The molecule has 14 atom stereocenters. The van der Waals surface area contributed by atoms with Crippen molar-refractivity contribution in [1.29, 1.82) is 0 Å². The Morgan fingerprint density at radius 3 is 2.62 bits per heavy atom. The SMILES string of the molecule is CCCCCCC1COC(C(O)C(C)(O)C2CCC3(O)C4=CC(=O)C5CC(O)C(O)CC5(CCC5=CNC(N)C=C5)C4CCC23C)C1C. The summed E-state index contributed by atoms with van der Waals surface area (Å²) in [6.07, 6.45) is 13.6. The Morgan fingerprint density at radius 1 is 1.15 bits per heavy atom. The highest BCUT2D eigenvalue weighted by Crippen LogP contribution is 2.69. The molecule has 1 saturated heterocycles. The minimum absolute atomic E-state index is 0.0911. The lowest BCUT2D eigenvalue weighted by molar-refractivity contribution is -0.195. The number of aliphatic hydroxyl groups is 5. The number of rotatable bonds is 11. The molecule has 8 N–H and O–H groups in total. The van der Waals surface area contributed by atoms with E-state index < -0.39 is 58.3 Å². The highest BCUT2D eigenvalue weighted by molar-refractivity contribution is 5.95. The van der Waals surface area contributed by atoms with E-state index >= 15 is 0 Å². The maximum atomic E-state index is 14.1. The smallest absolute Gasteiger partial charge is 0.159 e. The first-order valence-corrected chi connectivity index (χ1v) is 18.9. The average molecular weight is 671 g/mol. The number of ketones is 1. The van der Waals surface area contributed by atoms with E-state index in [1.165, 1.54) is 19.3 Å². The Bertz CT molecular complexity index is 1300. The largest absolute Gasteiger partial charge is 0.390 e. The van der Waals surface area contributed by atoms with Gasteiger partial charge in [-0.1, -0.05) is 52.5 Å². The van der Waals surface area contributed by atoms with Crippen molar-refractivity contribution in [2.75, 3.05) is 6.61 Å². The summed E-state index contributed by atoms with van der Waals surface area (Å²) in [5.74, 6) is -0.639. The van der Waals surface area contributed by atoms with Crippen LogP contribution in [0.5, 0.6) is 0 Å². The highest BCUT2D eigenvalue weighted by Gasteiger charge is 2.70. The molecule has 14 unspecified atom stereocenters. The fraction of sp³-hybridized carbons (Fsp3) is 0.821. The second-order valence-corrected chi connectivity index (χ2v) is 17.0. The third-order valence-corrected chi connectivity index (χ3v) is 14.5. The van der Waals surface area contributed by atoms with Crippen molar-refractivity contribution in [2.24, 2.45) is 46.2 Å². The maximum Gasteiger partial charge on any atom is 0.159 e. The minimum atomic E-state index is -1.51. The van der Waals surface area contributed by atoms with Gasteiger partial charge in [-0.05, 0) is 117 Å². The quantitative estimate of drug-likeness (QED) is 0.161. The van der Waals surface area contributed by atoms with Gasteiger partial charge in [0.25, 0.3) is 0 Å². The van der Waals surface area contributed by atoms with Crippen molar-refractivity contribution in [3.05, 3.63) is 35.6 Å². The Morgan fingerprint density at radius 2 is 1.92 bits per heavy atom.